The van der Waals surface area contributed by atoms with Crippen LogP contribution in [-0.4, -0.2) is 22.2 Å². The molecule has 0 saturated heterocycles. The van der Waals surface area contributed by atoms with E-state index in [0.717, 1.165) is 31.9 Å². The van der Waals surface area contributed by atoms with Crippen molar-refractivity contribution in [2.24, 2.45) is 0 Å². The molecule has 0 amide bonds. The van der Waals surface area contributed by atoms with E-state index in [1.807, 2.05) is 0 Å². The number of hydrogen-bond acceptors (Lipinski definition) is 4. The molecule has 1 aliphatic carbocycles. The van der Waals surface area contributed by atoms with Gasteiger partial charge in [-0.25, -0.2) is 4.79 Å². The Morgan fingerprint density at radius 3 is 2.80 bits per heavy atom. The minimum atomic E-state index is -1.10. The molecule has 1 heterocycles. The molecular weight excluding hydrogens is 198 g/mol. The van der Waals surface area contributed by atoms with Gasteiger partial charge in [-0.3, -0.25) is 0 Å². The molecule has 15 heavy (non-hydrogen) atoms. The summed E-state index contributed by atoms with van der Waals surface area (Å²) < 4.78 is 10.4. The standard InChI is InChI=1S/C10H13NO4/c12-9(13)8-6-14-10(11-8)15-7-4-2-1-3-5-7/h6-7H,1-5H2,(H,12,13). The van der Waals surface area contributed by atoms with Gasteiger partial charge in [0.15, 0.2) is 5.69 Å². The van der Waals surface area contributed by atoms with Gasteiger partial charge in [0.1, 0.15) is 12.4 Å². The fourth-order valence-electron chi connectivity index (χ4n) is 1.74. The van der Waals surface area contributed by atoms with Crippen molar-refractivity contribution in [2.45, 2.75) is 38.2 Å². The predicted molar refractivity (Wildman–Crippen MR) is 51.0 cm³/mol. The first-order valence-electron chi connectivity index (χ1n) is 5.11. The number of aromatic carboxylic acids is 1. The molecule has 0 aromatic carbocycles. The van der Waals surface area contributed by atoms with Crippen LogP contribution in [0, 0.1) is 0 Å². The molecule has 1 aromatic rings. The van der Waals surface area contributed by atoms with Crippen molar-refractivity contribution in [1.29, 1.82) is 0 Å². The van der Waals surface area contributed by atoms with Gasteiger partial charge in [0, 0.05) is 0 Å². The van der Waals surface area contributed by atoms with Crippen LogP contribution in [0.15, 0.2) is 10.7 Å². The smallest absolute Gasteiger partial charge is 0.394 e. The Morgan fingerprint density at radius 2 is 2.20 bits per heavy atom. The number of hydrogen-bond donors (Lipinski definition) is 1. The van der Waals surface area contributed by atoms with Crippen molar-refractivity contribution in [1.82, 2.24) is 4.98 Å². The van der Waals surface area contributed by atoms with Crippen LogP contribution < -0.4 is 4.74 Å². The van der Waals surface area contributed by atoms with E-state index >= 15 is 0 Å². The number of nitrogens with zero attached hydrogens (tertiary/aromatic N) is 1. The third-order valence-corrected chi connectivity index (χ3v) is 2.52. The van der Waals surface area contributed by atoms with E-state index < -0.39 is 5.97 Å². The number of rotatable bonds is 3. The summed E-state index contributed by atoms with van der Waals surface area (Å²) in [5.41, 5.74) is -0.110. The van der Waals surface area contributed by atoms with Crippen LogP contribution in [0.2, 0.25) is 0 Å². The highest BCUT2D eigenvalue weighted by atomic mass is 16.6. The van der Waals surface area contributed by atoms with Crippen molar-refractivity contribution >= 4 is 5.97 Å². The zero-order valence-corrected chi connectivity index (χ0v) is 8.31. The Kier molecular flexibility index (Phi) is 2.89. The van der Waals surface area contributed by atoms with Crippen molar-refractivity contribution in [3.05, 3.63) is 12.0 Å². The molecule has 1 aliphatic rings. The van der Waals surface area contributed by atoms with E-state index in [1.54, 1.807) is 0 Å². The average Bonchev–Trinajstić information content (AvgIpc) is 2.68. The molecule has 1 fully saturated rings. The van der Waals surface area contributed by atoms with Crippen LogP contribution >= 0.6 is 0 Å². The third-order valence-electron chi connectivity index (χ3n) is 2.52. The minimum Gasteiger partial charge on any atom is -0.476 e. The maximum atomic E-state index is 10.5. The summed E-state index contributed by atoms with van der Waals surface area (Å²) >= 11 is 0. The van der Waals surface area contributed by atoms with E-state index in [-0.39, 0.29) is 17.9 Å². The average molecular weight is 211 g/mol. The SMILES string of the molecule is O=C(O)c1coc(OC2CCCCC2)n1. The first kappa shape index (κ1) is 10.0. The largest absolute Gasteiger partial charge is 0.476 e. The summed E-state index contributed by atoms with van der Waals surface area (Å²) in [6.45, 7) is 0. The molecule has 0 aliphatic heterocycles. The van der Waals surface area contributed by atoms with Gasteiger partial charge >= 0.3 is 12.0 Å². The van der Waals surface area contributed by atoms with Crippen LogP contribution in [0.1, 0.15) is 42.6 Å². The second-order valence-electron chi connectivity index (χ2n) is 3.68. The lowest BCUT2D eigenvalue weighted by molar-refractivity contribution is 0.0689. The van der Waals surface area contributed by atoms with Gasteiger partial charge in [-0.2, -0.15) is 4.98 Å². The number of carboxylic acids is 1. The molecule has 0 radical (unpaired) electrons. The van der Waals surface area contributed by atoms with Crippen molar-refractivity contribution in [2.75, 3.05) is 0 Å². The molecule has 0 spiro atoms. The summed E-state index contributed by atoms with van der Waals surface area (Å²) in [6.07, 6.45) is 6.81. The summed E-state index contributed by atoms with van der Waals surface area (Å²) in [7, 11) is 0. The first-order chi connectivity index (χ1) is 7.25. The van der Waals surface area contributed by atoms with Crippen LogP contribution in [-0.2, 0) is 0 Å². The molecule has 1 aromatic heterocycles. The van der Waals surface area contributed by atoms with Gasteiger partial charge < -0.3 is 14.3 Å². The summed E-state index contributed by atoms with van der Waals surface area (Å²) in [4.78, 5) is 14.2. The normalized spacial score (nSPS) is 17.6. The summed E-state index contributed by atoms with van der Waals surface area (Å²) in [6, 6.07) is 0. The maximum Gasteiger partial charge on any atom is 0.394 e. The highest BCUT2D eigenvalue weighted by Crippen LogP contribution is 2.22. The van der Waals surface area contributed by atoms with Crippen LogP contribution in [0.5, 0.6) is 6.08 Å². The monoisotopic (exact) mass is 211 g/mol. The zero-order valence-electron chi connectivity index (χ0n) is 8.31. The summed E-state index contributed by atoms with van der Waals surface area (Å²) in [5, 5.41) is 8.63. The minimum absolute atomic E-state index is 0.0688. The molecule has 0 atom stereocenters. The fraction of sp³-hybridized carbons (Fsp3) is 0.600. The lowest BCUT2D eigenvalue weighted by atomic mass is 9.98. The molecule has 0 unspecified atom stereocenters. The highest BCUT2D eigenvalue weighted by Gasteiger charge is 2.18. The number of ether oxygens (including phenoxy) is 1. The number of aromatic nitrogens is 1. The third kappa shape index (κ3) is 2.49. The van der Waals surface area contributed by atoms with Crippen LogP contribution in [0.3, 0.4) is 0 Å². The van der Waals surface area contributed by atoms with Crippen LogP contribution in [0.25, 0.3) is 0 Å². The van der Waals surface area contributed by atoms with Gasteiger partial charge in [-0.15, -0.1) is 0 Å². The van der Waals surface area contributed by atoms with Crippen LogP contribution in [0.4, 0.5) is 0 Å². The fourth-order valence-corrected chi connectivity index (χ4v) is 1.74. The molecule has 1 N–H and O–H groups in total. The van der Waals surface area contributed by atoms with Gasteiger partial charge in [0.05, 0.1) is 0 Å². The number of oxazole rings is 1. The van der Waals surface area contributed by atoms with E-state index in [2.05, 4.69) is 4.98 Å². The molecule has 1 saturated carbocycles. The Bertz CT molecular complexity index is 341. The Morgan fingerprint density at radius 1 is 1.47 bits per heavy atom. The second-order valence-corrected chi connectivity index (χ2v) is 3.68. The molecule has 5 nitrogen and oxygen atoms in total. The van der Waals surface area contributed by atoms with E-state index in [1.165, 1.54) is 6.42 Å². The quantitative estimate of drug-likeness (QED) is 0.828. The molecule has 82 valence electrons. The van der Waals surface area contributed by atoms with Crippen molar-refractivity contribution < 1.29 is 19.1 Å². The molecule has 5 heteroatoms. The Hall–Kier alpha value is -1.52. The molecular formula is C10H13NO4. The lowest BCUT2D eigenvalue weighted by Gasteiger charge is -2.20. The molecule has 0 bridgehead atoms. The predicted octanol–water partition coefficient (Wildman–Crippen LogP) is 2.08. The topological polar surface area (TPSA) is 72.6 Å². The highest BCUT2D eigenvalue weighted by molar-refractivity contribution is 5.84. The van der Waals surface area contributed by atoms with Gasteiger partial charge in [0.25, 0.3) is 0 Å². The number of carboxylic acid groups (broad SMARTS) is 1. The van der Waals surface area contributed by atoms with E-state index in [9.17, 15) is 4.79 Å². The van der Waals surface area contributed by atoms with Gasteiger partial charge in [-0.1, -0.05) is 6.42 Å². The van der Waals surface area contributed by atoms with Gasteiger partial charge in [0.2, 0.25) is 0 Å². The van der Waals surface area contributed by atoms with E-state index in [0.29, 0.717) is 0 Å². The summed E-state index contributed by atoms with van der Waals surface area (Å²) in [5.74, 6) is -1.10. The second kappa shape index (κ2) is 4.33. The van der Waals surface area contributed by atoms with Crippen molar-refractivity contribution in [3.8, 4) is 6.08 Å². The Labute approximate surface area is 87.1 Å². The number of carbonyl (C=O) groups is 1. The Balaban J connectivity index is 1.94. The lowest BCUT2D eigenvalue weighted by Crippen LogP contribution is -2.19. The first-order valence-corrected chi connectivity index (χ1v) is 5.11. The van der Waals surface area contributed by atoms with Crippen molar-refractivity contribution in [3.63, 3.8) is 0 Å². The maximum absolute atomic E-state index is 10.5. The molecule has 2 rings (SSSR count). The van der Waals surface area contributed by atoms with Gasteiger partial charge in [-0.05, 0) is 25.7 Å². The van der Waals surface area contributed by atoms with E-state index in [4.69, 9.17) is 14.3 Å². The zero-order chi connectivity index (χ0) is 10.7.